The molecule has 1 aromatic rings. The van der Waals surface area contributed by atoms with E-state index in [0.717, 1.165) is 24.8 Å². The van der Waals surface area contributed by atoms with E-state index in [2.05, 4.69) is 48.7 Å². The first-order valence-corrected chi connectivity index (χ1v) is 11.4. The molecule has 0 fully saturated rings. The van der Waals surface area contributed by atoms with Crippen molar-refractivity contribution in [1.82, 2.24) is 5.32 Å². The second-order valence-electron chi connectivity index (χ2n) is 7.68. The van der Waals surface area contributed by atoms with Crippen LogP contribution >= 0.6 is 0 Å². The van der Waals surface area contributed by atoms with E-state index in [-0.39, 0.29) is 11.9 Å². The van der Waals surface area contributed by atoms with Gasteiger partial charge in [0.05, 0.1) is 6.04 Å². The van der Waals surface area contributed by atoms with Crippen LogP contribution in [0.5, 0.6) is 0 Å². The van der Waals surface area contributed by atoms with Gasteiger partial charge < -0.3 is 5.32 Å². The molecule has 0 bridgehead atoms. The van der Waals surface area contributed by atoms with E-state index in [1.807, 2.05) is 25.1 Å². The van der Waals surface area contributed by atoms with Crippen LogP contribution in [-0.2, 0) is 4.79 Å². The normalized spacial score (nSPS) is 12.6. The smallest absolute Gasteiger partial charge is 0.220 e. The molecule has 28 heavy (non-hydrogen) atoms. The Morgan fingerprint density at radius 1 is 0.857 bits per heavy atom. The minimum Gasteiger partial charge on any atom is -0.350 e. The van der Waals surface area contributed by atoms with Crippen molar-refractivity contribution in [2.24, 2.45) is 0 Å². The lowest BCUT2D eigenvalue weighted by atomic mass is 10.1. The minimum atomic E-state index is 0.0895. The highest BCUT2D eigenvalue weighted by atomic mass is 16.1. The van der Waals surface area contributed by atoms with Crippen molar-refractivity contribution in [2.75, 3.05) is 0 Å². The highest BCUT2D eigenvalue weighted by Crippen LogP contribution is 2.12. The highest BCUT2D eigenvalue weighted by molar-refractivity contribution is 5.76. The molecule has 1 N–H and O–H groups in total. The van der Waals surface area contributed by atoms with E-state index in [0.29, 0.717) is 6.42 Å². The van der Waals surface area contributed by atoms with Crippen LogP contribution in [0.15, 0.2) is 54.6 Å². The summed E-state index contributed by atoms with van der Waals surface area (Å²) >= 11 is 0. The molecule has 0 saturated carbocycles. The number of nitrogens with one attached hydrogen (secondary N) is 1. The maximum absolute atomic E-state index is 12.0. The number of hydrogen-bond acceptors (Lipinski definition) is 1. The van der Waals surface area contributed by atoms with Gasteiger partial charge in [-0.05, 0) is 51.0 Å². The molecular formula is C26H41NO. The molecule has 0 spiro atoms. The number of carbonyl (C=O) groups excluding carboxylic acids is 1. The number of rotatable bonds is 16. The lowest BCUT2D eigenvalue weighted by Gasteiger charge is -2.14. The Kier molecular flexibility index (Phi) is 14.9. The summed E-state index contributed by atoms with van der Waals surface area (Å²) in [5.74, 6) is 0.169. The predicted molar refractivity (Wildman–Crippen MR) is 122 cm³/mol. The Hall–Kier alpha value is -1.83. The molecule has 0 aliphatic rings. The van der Waals surface area contributed by atoms with E-state index in [1.165, 1.54) is 51.4 Å². The Bertz CT molecular complexity index is 547. The van der Waals surface area contributed by atoms with E-state index < -0.39 is 0 Å². The van der Waals surface area contributed by atoms with Gasteiger partial charge in [-0.1, -0.05) is 93.7 Å². The summed E-state index contributed by atoms with van der Waals surface area (Å²) in [5, 5.41) is 3.09. The van der Waals surface area contributed by atoms with Crippen molar-refractivity contribution in [3.63, 3.8) is 0 Å². The van der Waals surface area contributed by atoms with Gasteiger partial charge in [0.1, 0.15) is 0 Å². The number of carbonyl (C=O) groups is 1. The van der Waals surface area contributed by atoms with Crippen molar-refractivity contribution in [1.29, 1.82) is 0 Å². The van der Waals surface area contributed by atoms with Crippen LogP contribution in [0.1, 0.15) is 103 Å². The lowest BCUT2D eigenvalue weighted by Crippen LogP contribution is -2.26. The Morgan fingerprint density at radius 3 is 2.14 bits per heavy atom. The summed E-state index contributed by atoms with van der Waals surface area (Å²) in [6.07, 6.45) is 23.2. The highest BCUT2D eigenvalue weighted by Gasteiger charge is 2.08. The van der Waals surface area contributed by atoms with Crippen LogP contribution in [0.25, 0.3) is 0 Å². The fraction of sp³-hybridized carbons (Fsp3) is 0.577. The average molecular weight is 384 g/mol. The minimum absolute atomic E-state index is 0.0895. The standard InChI is InChI=1S/C26H41NO/c1-3-4-5-6-7-8-9-10-11-12-13-14-15-16-20-23-26(28)27-24(2)25-21-18-17-19-22-25/h7-8,10-11,17-19,21-22,24H,3-6,9,12-16,20,23H2,1-2H3,(H,27,28)/b8-7+,11-10+. The maximum Gasteiger partial charge on any atom is 0.220 e. The molecular weight excluding hydrogens is 342 g/mol. The summed E-state index contributed by atoms with van der Waals surface area (Å²) in [5.41, 5.74) is 1.16. The van der Waals surface area contributed by atoms with E-state index in [9.17, 15) is 4.79 Å². The molecule has 1 atom stereocenters. The molecule has 1 rings (SSSR count). The van der Waals surface area contributed by atoms with Crippen molar-refractivity contribution >= 4 is 5.91 Å². The van der Waals surface area contributed by atoms with Crippen LogP contribution in [0, 0.1) is 0 Å². The first kappa shape index (κ1) is 24.2. The molecule has 1 unspecified atom stereocenters. The first-order valence-electron chi connectivity index (χ1n) is 11.4. The fourth-order valence-corrected chi connectivity index (χ4v) is 3.24. The second kappa shape index (κ2) is 17.3. The third-order valence-corrected chi connectivity index (χ3v) is 5.03. The maximum atomic E-state index is 12.0. The zero-order valence-corrected chi connectivity index (χ0v) is 18.2. The van der Waals surface area contributed by atoms with Gasteiger partial charge in [-0.3, -0.25) is 4.79 Å². The van der Waals surface area contributed by atoms with Crippen molar-refractivity contribution in [3.8, 4) is 0 Å². The average Bonchev–Trinajstić information content (AvgIpc) is 2.71. The van der Waals surface area contributed by atoms with Crippen LogP contribution in [0.3, 0.4) is 0 Å². The third-order valence-electron chi connectivity index (χ3n) is 5.03. The Morgan fingerprint density at radius 2 is 1.46 bits per heavy atom. The Balaban J connectivity index is 1.92. The van der Waals surface area contributed by atoms with Gasteiger partial charge in [-0.2, -0.15) is 0 Å². The molecule has 2 nitrogen and oxygen atoms in total. The van der Waals surface area contributed by atoms with Gasteiger partial charge >= 0.3 is 0 Å². The molecule has 0 radical (unpaired) electrons. The quantitative estimate of drug-likeness (QED) is 0.230. The van der Waals surface area contributed by atoms with E-state index in [1.54, 1.807) is 0 Å². The number of allylic oxidation sites excluding steroid dienone is 4. The molecule has 0 aliphatic carbocycles. The third kappa shape index (κ3) is 13.4. The Labute approximate surface area is 173 Å². The van der Waals surface area contributed by atoms with Gasteiger partial charge in [-0.25, -0.2) is 0 Å². The molecule has 0 aliphatic heterocycles. The van der Waals surface area contributed by atoms with Gasteiger partial charge in [0.15, 0.2) is 0 Å². The molecule has 0 saturated heterocycles. The zero-order chi connectivity index (χ0) is 20.3. The van der Waals surface area contributed by atoms with Gasteiger partial charge in [0, 0.05) is 6.42 Å². The molecule has 156 valence electrons. The van der Waals surface area contributed by atoms with Crippen LogP contribution in [0.2, 0.25) is 0 Å². The number of hydrogen-bond donors (Lipinski definition) is 1. The number of amides is 1. The fourth-order valence-electron chi connectivity index (χ4n) is 3.24. The van der Waals surface area contributed by atoms with E-state index >= 15 is 0 Å². The molecule has 2 heteroatoms. The summed E-state index contributed by atoms with van der Waals surface area (Å²) in [7, 11) is 0. The van der Waals surface area contributed by atoms with Crippen molar-refractivity contribution in [2.45, 2.75) is 96.9 Å². The van der Waals surface area contributed by atoms with Crippen molar-refractivity contribution < 1.29 is 4.79 Å². The zero-order valence-electron chi connectivity index (χ0n) is 18.2. The largest absolute Gasteiger partial charge is 0.350 e. The summed E-state index contributed by atoms with van der Waals surface area (Å²) in [6.45, 7) is 4.29. The molecule has 0 heterocycles. The van der Waals surface area contributed by atoms with Gasteiger partial charge in [0.25, 0.3) is 0 Å². The molecule has 1 amide bonds. The number of benzene rings is 1. The summed E-state index contributed by atoms with van der Waals surface area (Å²) in [4.78, 5) is 12.0. The van der Waals surface area contributed by atoms with Crippen LogP contribution in [-0.4, -0.2) is 5.91 Å². The van der Waals surface area contributed by atoms with E-state index in [4.69, 9.17) is 0 Å². The van der Waals surface area contributed by atoms with Crippen LogP contribution in [0.4, 0.5) is 0 Å². The topological polar surface area (TPSA) is 29.1 Å². The number of unbranched alkanes of at least 4 members (excludes halogenated alkanes) is 8. The van der Waals surface area contributed by atoms with Gasteiger partial charge in [0.2, 0.25) is 5.91 Å². The molecule has 0 aromatic heterocycles. The first-order chi connectivity index (χ1) is 13.7. The monoisotopic (exact) mass is 383 g/mol. The van der Waals surface area contributed by atoms with Gasteiger partial charge in [-0.15, -0.1) is 0 Å². The molecule has 1 aromatic carbocycles. The second-order valence-corrected chi connectivity index (χ2v) is 7.68. The van der Waals surface area contributed by atoms with Crippen molar-refractivity contribution in [3.05, 3.63) is 60.2 Å². The van der Waals surface area contributed by atoms with Crippen LogP contribution < -0.4 is 5.32 Å². The summed E-state index contributed by atoms with van der Waals surface area (Å²) < 4.78 is 0. The predicted octanol–water partition coefficient (Wildman–Crippen LogP) is 7.68. The lowest BCUT2D eigenvalue weighted by molar-refractivity contribution is -0.121. The summed E-state index contributed by atoms with van der Waals surface area (Å²) in [6, 6.07) is 10.2. The SMILES string of the molecule is CCCCC/C=C/C/C=C/CCCCCCCC(=O)NC(C)c1ccccc1.